The highest BCUT2D eigenvalue weighted by atomic mass is 19.4. The molecule has 2 atom stereocenters. The van der Waals surface area contributed by atoms with Gasteiger partial charge in [-0.2, -0.15) is 13.2 Å². The first-order chi connectivity index (χ1) is 11.8. The van der Waals surface area contributed by atoms with E-state index in [1.54, 1.807) is 16.4 Å². The van der Waals surface area contributed by atoms with Crippen LogP contribution >= 0.6 is 0 Å². The summed E-state index contributed by atoms with van der Waals surface area (Å²) in [5, 5.41) is 0.394. The topological polar surface area (TPSA) is 38.1 Å². The third-order valence-electron chi connectivity index (χ3n) is 5.30. The number of pyridine rings is 1. The molecule has 25 heavy (non-hydrogen) atoms. The molecule has 0 saturated carbocycles. The van der Waals surface area contributed by atoms with Crippen LogP contribution in [0, 0.1) is 6.92 Å². The molecule has 1 amide bonds. The average Bonchev–Trinajstić information content (AvgIpc) is 3.08. The van der Waals surface area contributed by atoms with Crippen molar-refractivity contribution >= 4 is 16.9 Å². The van der Waals surface area contributed by atoms with Crippen LogP contribution in [0.5, 0.6) is 0 Å². The van der Waals surface area contributed by atoms with Gasteiger partial charge in [-0.05, 0) is 25.0 Å². The smallest absolute Gasteiger partial charge is 0.336 e. The fourth-order valence-corrected chi connectivity index (χ4v) is 4.00. The van der Waals surface area contributed by atoms with Crippen molar-refractivity contribution in [2.75, 3.05) is 6.54 Å². The molecule has 2 aromatic rings. The summed E-state index contributed by atoms with van der Waals surface area (Å²) in [5.74, 6) is -0.0488. The first-order valence-corrected chi connectivity index (χ1v) is 8.26. The SMILES string of the molecule is Cc1c2n(c3ncc(C(F)(F)F)cc13)CC(F)C(N1CCCC1=O)C2. The molecular formula is C17H17F4N3O. The van der Waals surface area contributed by atoms with Gasteiger partial charge in [0.25, 0.3) is 0 Å². The molecule has 0 radical (unpaired) electrons. The minimum Gasteiger partial charge on any atom is -0.336 e. The molecule has 0 spiro atoms. The van der Waals surface area contributed by atoms with Gasteiger partial charge >= 0.3 is 6.18 Å². The highest BCUT2D eigenvalue weighted by Gasteiger charge is 2.39. The van der Waals surface area contributed by atoms with Crippen molar-refractivity contribution in [2.45, 2.75) is 51.1 Å². The highest BCUT2D eigenvalue weighted by molar-refractivity contribution is 5.83. The van der Waals surface area contributed by atoms with Crippen LogP contribution in [0.3, 0.4) is 0 Å². The maximum absolute atomic E-state index is 14.7. The first-order valence-electron chi connectivity index (χ1n) is 8.26. The Morgan fingerprint density at radius 2 is 2.08 bits per heavy atom. The molecular weight excluding hydrogens is 338 g/mol. The number of hydrogen-bond acceptors (Lipinski definition) is 2. The fraction of sp³-hybridized carbons (Fsp3) is 0.529. The average molecular weight is 355 g/mol. The summed E-state index contributed by atoms with van der Waals surface area (Å²) in [6, 6.07) is 0.527. The first kappa shape index (κ1) is 16.4. The molecule has 0 aromatic carbocycles. The van der Waals surface area contributed by atoms with E-state index in [4.69, 9.17) is 0 Å². The van der Waals surface area contributed by atoms with Gasteiger partial charge in [-0.1, -0.05) is 0 Å². The quantitative estimate of drug-likeness (QED) is 0.737. The monoisotopic (exact) mass is 355 g/mol. The maximum Gasteiger partial charge on any atom is 0.417 e. The molecule has 1 fully saturated rings. The van der Waals surface area contributed by atoms with Gasteiger partial charge in [-0.3, -0.25) is 4.79 Å². The number of carbonyl (C=O) groups excluding carboxylic acids is 1. The second-order valence-corrected chi connectivity index (χ2v) is 6.75. The molecule has 2 unspecified atom stereocenters. The third kappa shape index (κ3) is 2.49. The number of halogens is 4. The Balaban J connectivity index is 1.78. The fourth-order valence-electron chi connectivity index (χ4n) is 4.00. The maximum atomic E-state index is 14.7. The lowest BCUT2D eigenvalue weighted by Gasteiger charge is -2.35. The number of rotatable bonds is 1. The van der Waals surface area contributed by atoms with E-state index in [1.807, 2.05) is 0 Å². The molecule has 4 rings (SSSR count). The van der Waals surface area contributed by atoms with Gasteiger partial charge in [0.1, 0.15) is 11.8 Å². The summed E-state index contributed by atoms with van der Waals surface area (Å²) >= 11 is 0. The second-order valence-electron chi connectivity index (χ2n) is 6.75. The molecule has 0 N–H and O–H groups in total. The Labute approximate surface area is 141 Å². The Hall–Kier alpha value is -2.12. The molecule has 2 aromatic heterocycles. The van der Waals surface area contributed by atoms with Crippen LogP contribution in [-0.2, 0) is 23.9 Å². The summed E-state index contributed by atoms with van der Waals surface area (Å²) in [6.45, 7) is 2.28. The summed E-state index contributed by atoms with van der Waals surface area (Å²) in [4.78, 5) is 17.5. The molecule has 4 heterocycles. The van der Waals surface area contributed by atoms with Crippen molar-refractivity contribution in [2.24, 2.45) is 0 Å². The van der Waals surface area contributed by atoms with Gasteiger partial charge in [0.05, 0.1) is 18.2 Å². The molecule has 1 saturated heterocycles. The van der Waals surface area contributed by atoms with Gasteiger partial charge in [0.15, 0.2) is 0 Å². The van der Waals surface area contributed by atoms with E-state index in [9.17, 15) is 22.4 Å². The zero-order chi connectivity index (χ0) is 17.9. The number of fused-ring (bicyclic) bond motifs is 3. The van der Waals surface area contributed by atoms with E-state index in [2.05, 4.69) is 4.98 Å². The number of nitrogens with zero attached hydrogens (tertiary/aromatic N) is 3. The normalized spacial score (nSPS) is 24.2. The van der Waals surface area contributed by atoms with Crippen LogP contribution in [0.2, 0.25) is 0 Å². The zero-order valence-corrected chi connectivity index (χ0v) is 13.6. The van der Waals surface area contributed by atoms with Gasteiger partial charge < -0.3 is 9.47 Å². The Bertz CT molecular complexity index is 858. The number of likely N-dealkylation sites (tertiary alicyclic amines) is 1. The number of hydrogen-bond donors (Lipinski definition) is 0. The van der Waals surface area contributed by atoms with Crippen molar-refractivity contribution in [3.05, 3.63) is 29.1 Å². The lowest BCUT2D eigenvalue weighted by atomic mass is 9.98. The summed E-state index contributed by atoms with van der Waals surface area (Å²) < 4.78 is 55.2. The molecule has 4 nitrogen and oxygen atoms in total. The van der Waals surface area contributed by atoms with Crippen molar-refractivity contribution in [1.29, 1.82) is 0 Å². The molecule has 134 valence electrons. The predicted molar refractivity (Wildman–Crippen MR) is 82.8 cm³/mol. The van der Waals surface area contributed by atoms with Gasteiger partial charge in [-0.15, -0.1) is 0 Å². The summed E-state index contributed by atoms with van der Waals surface area (Å²) in [6.07, 6.45) is -3.48. The molecule has 0 bridgehead atoms. The van der Waals surface area contributed by atoms with E-state index >= 15 is 0 Å². The van der Waals surface area contributed by atoms with Gasteiger partial charge in [0, 0.05) is 36.7 Å². The number of aryl methyl sites for hydroxylation is 1. The van der Waals surface area contributed by atoms with E-state index < -0.39 is 24.0 Å². The Kier molecular flexibility index (Phi) is 3.56. The molecule has 2 aliphatic heterocycles. The van der Waals surface area contributed by atoms with Crippen LogP contribution in [-0.4, -0.2) is 39.1 Å². The number of amides is 1. The van der Waals surface area contributed by atoms with Gasteiger partial charge in [0.2, 0.25) is 5.91 Å². The standard InChI is InChI=1S/C17H17F4N3O/c1-9-11-5-10(17(19,20)21)7-22-16(11)24-8-12(18)14(6-13(9)24)23-4-2-3-15(23)25/h5,7,12,14H,2-4,6,8H2,1H3. The lowest BCUT2D eigenvalue weighted by Crippen LogP contribution is -2.48. The Morgan fingerprint density at radius 1 is 1.32 bits per heavy atom. The minimum atomic E-state index is -4.47. The predicted octanol–water partition coefficient (Wildman–Crippen LogP) is 3.25. The highest BCUT2D eigenvalue weighted by Crippen LogP contribution is 2.36. The molecule has 0 aliphatic carbocycles. The van der Waals surface area contributed by atoms with Gasteiger partial charge in [-0.25, -0.2) is 9.37 Å². The van der Waals surface area contributed by atoms with E-state index in [1.165, 1.54) is 0 Å². The summed E-state index contributed by atoms with van der Waals surface area (Å²) in [5.41, 5.74) is 1.00. The van der Waals surface area contributed by atoms with Crippen molar-refractivity contribution in [1.82, 2.24) is 14.5 Å². The van der Waals surface area contributed by atoms with E-state index in [-0.39, 0.29) is 12.5 Å². The van der Waals surface area contributed by atoms with Crippen LogP contribution in [0.15, 0.2) is 12.3 Å². The largest absolute Gasteiger partial charge is 0.417 e. The van der Waals surface area contributed by atoms with Crippen LogP contribution < -0.4 is 0 Å². The molecule has 8 heteroatoms. The second kappa shape index (κ2) is 5.44. The third-order valence-corrected chi connectivity index (χ3v) is 5.30. The number of carbonyl (C=O) groups is 1. The van der Waals surface area contributed by atoms with Crippen molar-refractivity contribution < 1.29 is 22.4 Å². The van der Waals surface area contributed by atoms with E-state index in [0.717, 1.165) is 24.4 Å². The van der Waals surface area contributed by atoms with E-state index in [0.29, 0.717) is 36.0 Å². The van der Waals surface area contributed by atoms with Crippen LogP contribution in [0.1, 0.15) is 29.7 Å². The van der Waals surface area contributed by atoms with Crippen LogP contribution in [0.4, 0.5) is 17.6 Å². The van der Waals surface area contributed by atoms with Crippen molar-refractivity contribution in [3.63, 3.8) is 0 Å². The number of alkyl halides is 4. The molecule has 2 aliphatic rings. The Morgan fingerprint density at radius 3 is 2.72 bits per heavy atom. The van der Waals surface area contributed by atoms with Crippen LogP contribution in [0.25, 0.3) is 11.0 Å². The lowest BCUT2D eigenvalue weighted by molar-refractivity contribution is -0.137. The minimum absolute atomic E-state index is 0.00643. The summed E-state index contributed by atoms with van der Waals surface area (Å²) in [7, 11) is 0. The zero-order valence-electron chi connectivity index (χ0n) is 13.6. The van der Waals surface area contributed by atoms with Crippen molar-refractivity contribution in [3.8, 4) is 0 Å². The number of aromatic nitrogens is 2.